The van der Waals surface area contributed by atoms with E-state index in [4.69, 9.17) is 15.2 Å². The minimum atomic E-state index is -0.699. The van der Waals surface area contributed by atoms with E-state index in [1.54, 1.807) is 31.1 Å². The Morgan fingerprint density at radius 1 is 1.73 bits per heavy atom. The number of hydrogen-bond donors (Lipinski definition) is 1. The number of ether oxygens (including phenoxy) is 2. The Labute approximate surface area is 88.0 Å². The smallest absolute Gasteiger partial charge is 0.324 e. The Morgan fingerprint density at radius 2 is 2.47 bits per heavy atom. The van der Waals surface area contributed by atoms with Crippen molar-refractivity contribution in [1.82, 2.24) is 9.78 Å². The molecule has 0 spiro atoms. The molecule has 2 N–H and O–H groups in total. The van der Waals surface area contributed by atoms with Crippen LogP contribution in [0.2, 0.25) is 0 Å². The van der Waals surface area contributed by atoms with Crippen LogP contribution in [0.3, 0.4) is 0 Å². The van der Waals surface area contributed by atoms with Crippen LogP contribution in [0.4, 0.5) is 0 Å². The zero-order chi connectivity index (χ0) is 11.3. The molecule has 1 unspecified atom stereocenters. The van der Waals surface area contributed by atoms with Crippen LogP contribution in [0.15, 0.2) is 12.4 Å². The first-order valence-electron chi connectivity index (χ1n) is 4.66. The fourth-order valence-electron chi connectivity index (χ4n) is 1.08. The van der Waals surface area contributed by atoms with Gasteiger partial charge in [-0.3, -0.25) is 9.48 Å². The van der Waals surface area contributed by atoms with E-state index in [1.807, 2.05) is 0 Å². The van der Waals surface area contributed by atoms with E-state index >= 15 is 0 Å². The minimum absolute atomic E-state index is 0.280. The lowest BCUT2D eigenvalue weighted by atomic mass is 10.3. The molecule has 6 heteroatoms. The summed E-state index contributed by atoms with van der Waals surface area (Å²) in [5, 5.41) is 3.97. The van der Waals surface area contributed by atoms with E-state index in [0.717, 1.165) is 0 Å². The number of rotatable bonds is 5. The Kier molecular flexibility index (Phi) is 4.11. The molecule has 0 radical (unpaired) electrons. The van der Waals surface area contributed by atoms with Crippen LogP contribution in [0.1, 0.15) is 6.92 Å². The standard InChI is InChI=1S/C9H15N3O3/c1-3-15-9(13)8(10)6-12-5-7(14-2)4-11-12/h4-5,8H,3,6,10H2,1-2H3. The van der Waals surface area contributed by atoms with Crippen molar-refractivity contribution in [2.75, 3.05) is 13.7 Å². The molecule has 0 aliphatic carbocycles. The summed E-state index contributed by atoms with van der Waals surface area (Å²) in [4.78, 5) is 11.2. The van der Waals surface area contributed by atoms with Gasteiger partial charge in [0.1, 0.15) is 6.04 Å². The molecule has 0 fully saturated rings. The van der Waals surface area contributed by atoms with Gasteiger partial charge in [-0.15, -0.1) is 0 Å². The van der Waals surface area contributed by atoms with E-state index in [-0.39, 0.29) is 6.54 Å². The number of carbonyl (C=O) groups is 1. The van der Waals surface area contributed by atoms with Gasteiger partial charge in [-0.2, -0.15) is 5.10 Å². The average molecular weight is 213 g/mol. The number of carbonyl (C=O) groups excluding carboxylic acids is 1. The Morgan fingerprint density at radius 3 is 3.00 bits per heavy atom. The van der Waals surface area contributed by atoms with Gasteiger partial charge in [-0.05, 0) is 6.92 Å². The fraction of sp³-hybridized carbons (Fsp3) is 0.556. The molecule has 1 atom stereocenters. The van der Waals surface area contributed by atoms with Crippen LogP contribution in [0.5, 0.6) is 5.75 Å². The van der Waals surface area contributed by atoms with Crippen molar-refractivity contribution >= 4 is 5.97 Å². The van der Waals surface area contributed by atoms with E-state index in [9.17, 15) is 4.79 Å². The SMILES string of the molecule is CCOC(=O)C(N)Cn1cc(OC)cn1. The monoisotopic (exact) mass is 213 g/mol. The molecule has 15 heavy (non-hydrogen) atoms. The normalized spacial score (nSPS) is 12.2. The van der Waals surface area contributed by atoms with Gasteiger partial charge in [0.25, 0.3) is 0 Å². The first kappa shape index (κ1) is 11.5. The van der Waals surface area contributed by atoms with E-state index in [0.29, 0.717) is 12.4 Å². The van der Waals surface area contributed by atoms with Gasteiger partial charge < -0.3 is 15.2 Å². The molecular formula is C9H15N3O3. The molecule has 1 heterocycles. The summed E-state index contributed by atoms with van der Waals surface area (Å²) >= 11 is 0. The summed E-state index contributed by atoms with van der Waals surface area (Å²) in [5.41, 5.74) is 5.61. The van der Waals surface area contributed by atoms with Gasteiger partial charge in [-0.1, -0.05) is 0 Å². The molecular weight excluding hydrogens is 198 g/mol. The van der Waals surface area contributed by atoms with Gasteiger partial charge in [-0.25, -0.2) is 0 Å². The summed E-state index contributed by atoms with van der Waals surface area (Å²) in [6.07, 6.45) is 3.22. The molecule has 0 aliphatic rings. The van der Waals surface area contributed by atoms with Gasteiger partial charge in [0, 0.05) is 0 Å². The molecule has 1 aromatic heterocycles. The van der Waals surface area contributed by atoms with Crippen LogP contribution in [-0.2, 0) is 16.1 Å². The maximum Gasteiger partial charge on any atom is 0.324 e. The molecule has 0 aromatic carbocycles. The second kappa shape index (κ2) is 5.35. The minimum Gasteiger partial charge on any atom is -0.493 e. The van der Waals surface area contributed by atoms with E-state index < -0.39 is 12.0 Å². The van der Waals surface area contributed by atoms with Crippen LogP contribution in [0.25, 0.3) is 0 Å². The van der Waals surface area contributed by atoms with Crippen LogP contribution < -0.4 is 10.5 Å². The van der Waals surface area contributed by atoms with E-state index in [1.165, 1.54) is 0 Å². The Hall–Kier alpha value is -1.56. The lowest BCUT2D eigenvalue weighted by molar-refractivity contribution is -0.145. The third-order valence-corrected chi connectivity index (χ3v) is 1.82. The van der Waals surface area contributed by atoms with Crippen molar-refractivity contribution in [2.45, 2.75) is 19.5 Å². The maximum absolute atomic E-state index is 11.2. The summed E-state index contributed by atoms with van der Waals surface area (Å²) in [7, 11) is 1.55. The topological polar surface area (TPSA) is 79.4 Å². The first-order valence-corrected chi connectivity index (χ1v) is 4.66. The molecule has 0 bridgehead atoms. The number of methoxy groups -OCH3 is 1. The first-order chi connectivity index (χ1) is 7.17. The van der Waals surface area contributed by atoms with Gasteiger partial charge in [0.15, 0.2) is 5.75 Å². The predicted molar refractivity (Wildman–Crippen MR) is 53.4 cm³/mol. The summed E-state index contributed by atoms with van der Waals surface area (Å²) in [6, 6.07) is -0.699. The van der Waals surface area contributed by atoms with Gasteiger partial charge in [0.05, 0.1) is 32.7 Å². The number of esters is 1. The summed E-state index contributed by atoms with van der Waals surface area (Å²) in [5.74, 6) is 0.207. The third kappa shape index (κ3) is 3.25. The van der Waals surface area contributed by atoms with Crippen molar-refractivity contribution in [1.29, 1.82) is 0 Å². The van der Waals surface area contributed by atoms with Crippen molar-refractivity contribution < 1.29 is 14.3 Å². The molecule has 6 nitrogen and oxygen atoms in total. The Bertz CT molecular complexity index is 324. The highest BCUT2D eigenvalue weighted by Gasteiger charge is 2.15. The van der Waals surface area contributed by atoms with Crippen molar-refractivity contribution in [2.24, 2.45) is 5.73 Å². The summed E-state index contributed by atoms with van der Waals surface area (Å²) < 4.78 is 11.3. The molecule has 0 amide bonds. The highest BCUT2D eigenvalue weighted by Crippen LogP contribution is 2.06. The number of hydrogen-bond acceptors (Lipinski definition) is 5. The molecule has 0 aliphatic heterocycles. The van der Waals surface area contributed by atoms with Crippen molar-refractivity contribution in [3.63, 3.8) is 0 Å². The average Bonchev–Trinajstić information content (AvgIpc) is 2.66. The second-order valence-corrected chi connectivity index (χ2v) is 2.96. The molecule has 84 valence electrons. The quantitative estimate of drug-likeness (QED) is 0.684. The molecule has 1 rings (SSSR count). The fourth-order valence-corrected chi connectivity index (χ4v) is 1.08. The highest BCUT2D eigenvalue weighted by molar-refractivity contribution is 5.75. The molecule has 0 saturated carbocycles. The lowest BCUT2D eigenvalue weighted by Crippen LogP contribution is -2.36. The summed E-state index contributed by atoms with van der Waals surface area (Å²) in [6.45, 7) is 2.35. The van der Waals surface area contributed by atoms with Crippen LogP contribution in [0, 0.1) is 0 Å². The lowest BCUT2D eigenvalue weighted by Gasteiger charge is -2.09. The van der Waals surface area contributed by atoms with Crippen LogP contribution >= 0.6 is 0 Å². The Balaban J connectivity index is 2.50. The predicted octanol–water partition coefficient (Wildman–Crippen LogP) is -0.218. The van der Waals surface area contributed by atoms with Crippen molar-refractivity contribution in [3.05, 3.63) is 12.4 Å². The third-order valence-electron chi connectivity index (χ3n) is 1.82. The number of nitrogens with zero attached hydrogens (tertiary/aromatic N) is 2. The van der Waals surface area contributed by atoms with E-state index in [2.05, 4.69) is 5.10 Å². The molecule has 0 saturated heterocycles. The number of nitrogens with two attached hydrogens (primary N) is 1. The zero-order valence-corrected chi connectivity index (χ0v) is 8.84. The maximum atomic E-state index is 11.2. The zero-order valence-electron chi connectivity index (χ0n) is 8.84. The largest absolute Gasteiger partial charge is 0.493 e. The van der Waals surface area contributed by atoms with Gasteiger partial charge >= 0.3 is 5.97 Å². The molecule has 1 aromatic rings. The highest BCUT2D eigenvalue weighted by atomic mass is 16.5. The number of aromatic nitrogens is 2. The van der Waals surface area contributed by atoms with Crippen molar-refractivity contribution in [3.8, 4) is 5.75 Å². The van der Waals surface area contributed by atoms with Gasteiger partial charge in [0.2, 0.25) is 0 Å². The second-order valence-electron chi connectivity index (χ2n) is 2.96. The van der Waals surface area contributed by atoms with Crippen LogP contribution in [-0.4, -0.2) is 35.5 Å².